The minimum atomic E-state index is -0.0802. The molecule has 0 saturated carbocycles. The first-order chi connectivity index (χ1) is 8.60. The summed E-state index contributed by atoms with van der Waals surface area (Å²) in [5, 5.41) is 2.89. The maximum Gasteiger partial charge on any atom is 0.237 e. The fourth-order valence-corrected chi connectivity index (χ4v) is 2.45. The number of likely N-dealkylation sites (tertiary alicyclic amines) is 1. The summed E-state index contributed by atoms with van der Waals surface area (Å²) in [7, 11) is 1.63. The van der Waals surface area contributed by atoms with E-state index in [4.69, 9.17) is 10.5 Å². The van der Waals surface area contributed by atoms with Crippen LogP contribution in [0.15, 0.2) is 0 Å². The normalized spacial score (nSPS) is 26.9. The molecular formula is C13H27N3O2. The first kappa shape index (κ1) is 15.4. The molecule has 0 aliphatic carbocycles. The van der Waals surface area contributed by atoms with E-state index in [0.29, 0.717) is 19.1 Å². The van der Waals surface area contributed by atoms with Crippen LogP contribution < -0.4 is 11.1 Å². The van der Waals surface area contributed by atoms with E-state index in [1.165, 1.54) is 0 Å². The van der Waals surface area contributed by atoms with Gasteiger partial charge in [-0.3, -0.25) is 9.69 Å². The van der Waals surface area contributed by atoms with Crippen LogP contribution in [0.4, 0.5) is 0 Å². The Morgan fingerprint density at radius 2 is 2.33 bits per heavy atom. The summed E-state index contributed by atoms with van der Waals surface area (Å²) < 4.78 is 4.92. The lowest BCUT2D eigenvalue weighted by atomic mass is 9.90. The number of ether oxygens (including phenoxy) is 1. The van der Waals surface area contributed by atoms with Gasteiger partial charge in [0, 0.05) is 32.8 Å². The van der Waals surface area contributed by atoms with Gasteiger partial charge in [0.1, 0.15) is 0 Å². The molecule has 1 amide bonds. The topological polar surface area (TPSA) is 67.6 Å². The average Bonchev–Trinajstić information content (AvgIpc) is 2.38. The van der Waals surface area contributed by atoms with E-state index in [2.05, 4.69) is 17.1 Å². The number of rotatable bonds is 6. The van der Waals surface area contributed by atoms with E-state index in [1.54, 1.807) is 7.11 Å². The Labute approximate surface area is 110 Å². The number of piperidine rings is 1. The molecule has 0 aromatic rings. The Morgan fingerprint density at radius 3 is 2.94 bits per heavy atom. The monoisotopic (exact) mass is 257 g/mol. The van der Waals surface area contributed by atoms with Gasteiger partial charge in [0.25, 0.3) is 0 Å². The lowest BCUT2D eigenvalue weighted by Crippen LogP contribution is -2.54. The van der Waals surface area contributed by atoms with Crippen LogP contribution in [0.3, 0.4) is 0 Å². The minimum Gasteiger partial charge on any atom is -0.383 e. The summed E-state index contributed by atoms with van der Waals surface area (Å²) in [4.78, 5) is 14.2. The molecule has 0 bridgehead atoms. The number of hydrogen-bond acceptors (Lipinski definition) is 4. The first-order valence-electron chi connectivity index (χ1n) is 6.86. The van der Waals surface area contributed by atoms with Crippen molar-refractivity contribution in [3.05, 3.63) is 0 Å². The second-order valence-electron chi connectivity index (χ2n) is 5.08. The molecular weight excluding hydrogens is 230 g/mol. The molecule has 1 saturated heterocycles. The largest absolute Gasteiger partial charge is 0.383 e. The molecule has 5 nitrogen and oxygen atoms in total. The summed E-state index contributed by atoms with van der Waals surface area (Å²) in [6, 6.07) is 0.207. The third-order valence-corrected chi connectivity index (χ3v) is 3.88. The highest BCUT2D eigenvalue weighted by atomic mass is 16.5. The number of nitrogens with one attached hydrogen (secondary N) is 1. The van der Waals surface area contributed by atoms with Gasteiger partial charge in [-0.1, -0.05) is 13.3 Å². The van der Waals surface area contributed by atoms with Crippen molar-refractivity contribution in [3.8, 4) is 0 Å². The van der Waals surface area contributed by atoms with Crippen LogP contribution in [0.25, 0.3) is 0 Å². The number of amides is 1. The van der Waals surface area contributed by atoms with Crippen LogP contribution >= 0.6 is 0 Å². The molecule has 106 valence electrons. The van der Waals surface area contributed by atoms with Gasteiger partial charge in [-0.15, -0.1) is 0 Å². The quantitative estimate of drug-likeness (QED) is 0.667. The van der Waals surface area contributed by atoms with Crippen molar-refractivity contribution in [2.75, 3.05) is 33.4 Å². The van der Waals surface area contributed by atoms with Gasteiger partial charge in [0.2, 0.25) is 5.91 Å². The smallest absolute Gasteiger partial charge is 0.237 e. The van der Waals surface area contributed by atoms with Gasteiger partial charge in [-0.05, 0) is 19.3 Å². The predicted molar refractivity (Wildman–Crippen MR) is 72.3 cm³/mol. The Bertz CT molecular complexity index is 261. The van der Waals surface area contributed by atoms with Crippen LogP contribution in [-0.4, -0.2) is 56.2 Å². The fourth-order valence-electron chi connectivity index (χ4n) is 2.45. The molecule has 1 heterocycles. The highest BCUT2D eigenvalue weighted by Gasteiger charge is 2.30. The van der Waals surface area contributed by atoms with Crippen molar-refractivity contribution in [2.45, 2.75) is 38.8 Å². The van der Waals surface area contributed by atoms with E-state index in [9.17, 15) is 4.79 Å². The van der Waals surface area contributed by atoms with Crippen LogP contribution in [-0.2, 0) is 9.53 Å². The zero-order valence-corrected chi connectivity index (χ0v) is 11.8. The first-order valence-corrected chi connectivity index (χ1v) is 6.86. The number of nitrogens with two attached hydrogens (primary N) is 1. The number of carbonyl (C=O) groups is 1. The molecule has 1 aliphatic heterocycles. The summed E-state index contributed by atoms with van der Waals surface area (Å²) in [6.07, 6.45) is 2.06. The maximum absolute atomic E-state index is 12.0. The zero-order chi connectivity index (χ0) is 13.5. The molecule has 3 atom stereocenters. The third-order valence-electron chi connectivity index (χ3n) is 3.88. The van der Waals surface area contributed by atoms with Gasteiger partial charge in [-0.2, -0.15) is 0 Å². The Hall–Kier alpha value is -0.650. The highest BCUT2D eigenvalue weighted by Crippen LogP contribution is 2.20. The summed E-state index contributed by atoms with van der Waals surface area (Å²) in [6.45, 7) is 7.10. The standard InChI is InChI=1S/C13H27N3O2/c1-4-11-9-16(7-5-12(11)14)10(2)13(17)15-6-8-18-3/h10-12H,4-9,14H2,1-3H3,(H,15,17). The van der Waals surface area contributed by atoms with E-state index in [0.717, 1.165) is 25.9 Å². The summed E-state index contributed by atoms with van der Waals surface area (Å²) >= 11 is 0. The SMILES string of the molecule is CCC1CN(C(C)C(=O)NCCOC)CCC1N. The molecule has 5 heteroatoms. The van der Waals surface area contributed by atoms with Crippen molar-refractivity contribution in [3.63, 3.8) is 0 Å². The van der Waals surface area contributed by atoms with Crippen LogP contribution in [0.1, 0.15) is 26.7 Å². The second-order valence-corrected chi connectivity index (χ2v) is 5.08. The van der Waals surface area contributed by atoms with E-state index >= 15 is 0 Å². The summed E-state index contributed by atoms with van der Waals surface area (Å²) in [5.41, 5.74) is 6.08. The lowest BCUT2D eigenvalue weighted by Gasteiger charge is -2.39. The van der Waals surface area contributed by atoms with E-state index < -0.39 is 0 Å². The summed E-state index contributed by atoms with van der Waals surface area (Å²) in [5.74, 6) is 0.588. The maximum atomic E-state index is 12.0. The fraction of sp³-hybridized carbons (Fsp3) is 0.923. The molecule has 3 unspecified atom stereocenters. The van der Waals surface area contributed by atoms with Crippen molar-refractivity contribution < 1.29 is 9.53 Å². The Morgan fingerprint density at radius 1 is 1.61 bits per heavy atom. The van der Waals surface area contributed by atoms with Gasteiger partial charge in [-0.25, -0.2) is 0 Å². The molecule has 0 aromatic heterocycles. The van der Waals surface area contributed by atoms with Crippen molar-refractivity contribution >= 4 is 5.91 Å². The average molecular weight is 257 g/mol. The number of carbonyl (C=O) groups excluding carboxylic acids is 1. The molecule has 18 heavy (non-hydrogen) atoms. The van der Waals surface area contributed by atoms with Crippen LogP contribution in [0, 0.1) is 5.92 Å². The molecule has 0 aromatic carbocycles. The predicted octanol–water partition coefficient (Wildman–Crippen LogP) is 0.197. The molecule has 1 fully saturated rings. The van der Waals surface area contributed by atoms with Crippen molar-refractivity contribution in [1.82, 2.24) is 10.2 Å². The molecule has 3 N–H and O–H groups in total. The van der Waals surface area contributed by atoms with Gasteiger partial charge < -0.3 is 15.8 Å². The minimum absolute atomic E-state index is 0.0802. The van der Waals surface area contributed by atoms with E-state index in [-0.39, 0.29) is 18.0 Å². The number of nitrogens with zero attached hydrogens (tertiary/aromatic N) is 1. The number of hydrogen-bond donors (Lipinski definition) is 2. The molecule has 1 aliphatic rings. The second kappa shape index (κ2) is 7.71. The molecule has 0 spiro atoms. The van der Waals surface area contributed by atoms with Crippen LogP contribution in [0.2, 0.25) is 0 Å². The van der Waals surface area contributed by atoms with Gasteiger partial charge in [0.15, 0.2) is 0 Å². The molecule has 0 radical (unpaired) electrons. The van der Waals surface area contributed by atoms with E-state index in [1.807, 2.05) is 6.92 Å². The Kier molecular flexibility index (Phi) is 6.60. The highest BCUT2D eigenvalue weighted by molar-refractivity contribution is 5.81. The van der Waals surface area contributed by atoms with Crippen molar-refractivity contribution in [2.24, 2.45) is 11.7 Å². The van der Waals surface area contributed by atoms with Crippen LogP contribution in [0.5, 0.6) is 0 Å². The van der Waals surface area contributed by atoms with Crippen molar-refractivity contribution in [1.29, 1.82) is 0 Å². The lowest BCUT2D eigenvalue weighted by molar-refractivity contribution is -0.126. The Balaban J connectivity index is 2.41. The molecule has 1 rings (SSSR count). The van der Waals surface area contributed by atoms with Gasteiger partial charge in [0.05, 0.1) is 12.6 Å². The number of methoxy groups -OCH3 is 1. The van der Waals surface area contributed by atoms with Gasteiger partial charge >= 0.3 is 0 Å². The third kappa shape index (κ3) is 4.23. The zero-order valence-electron chi connectivity index (χ0n) is 11.8.